The molecular formula is C9H14O2. The van der Waals surface area contributed by atoms with E-state index in [0.29, 0.717) is 18.8 Å². The molecule has 1 aliphatic heterocycles. The summed E-state index contributed by atoms with van der Waals surface area (Å²) in [6, 6.07) is 0. The first-order valence-electron chi connectivity index (χ1n) is 4.52. The second-order valence-corrected chi connectivity index (χ2v) is 3.52. The van der Waals surface area contributed by atoms with Crippen LogP contribution in [0.3, 0.4) is 0 Å². The number of ether oxygens (including phenoxy) is 1. The van der Waals surface area contributed by atoms with Crippen molar-refractivity contribution in [3.8, 4) is 0 Å². The van der Waals surface area contributed by atoms with Crippen LogP contribution in [0.25, 0.3) is 0 Å². The van der Waals surface area contributed by atoms with Crippen molar-refractivity contribution >= 4 is 5.78 Å². The van der Waals surface area contributed by atoms with Gasteiger partial charge in [0.25, 0.3) is 0 Å². The van der Waals surface area contributed by atoms with Crippen molar-refractivity contribution in [3.63, 3.8) is 0 Å². The van der Waals surface area contributed by atoms with Gasteiger partial charge in [0.1, 0.15) is 5.78 Å². The third kappa shape index (κ3) is 1.32. The molecule has 1 saturated carbocycles. The Kier molecular flexibility index (Phi) is 1.95. The molecule has 1 aliphatic carbocycles. The summed E-state index contributed by atoms with van der Waals surface area (Å²) in [5, 5.41) is 0. The number of carbonyl (C=O) groups is 1. The third-order valence-electron chi connectivity index (χ3n) is 2.80. The van der Waals surface area contributed by atoms with E-state index in [4.69, 9.17) is 4.74 Å². The van der Waals surface area contributed by atoms with E-state index in [-0.39, 0.29) is 12.0 Å². The van der Waals surface area contributed by atoms with Crippen LogP contribution < -0.4 is 0 Å². The number of hydrogen-bond acceptors (Lipinski definition) is 2. The molecule has 2 rings (SSSR count). The molecule has 0 amide bonds. The number of rotatable bonds is 0. The summed E-state index contributed by atoms with van der Waals surface area (Å²) < 4.78 is 5.53. The molecule has 2 aliphatic rings. The Morgan fingerprint density at radius 1 is 1.27 bits per heavy atom. The van der Waals surface area contributed by atoms with E-state index in [1.165, 1.54) is 12.8 Å². The zero-order valence-electron chi connectivity index (χ0n) is 6.71. The van der Waals surface area contributed by atoms with Crippen molar-refractivity contribution < 1.29 is 9.53 Å². The van der Waals surface area contributed by atoms with Gasteiger partial charge in [-0.3, -0.25) is 4.79 Å². The monoisotopic (exact) mass is 154 g/mol. The fourth-order valence-corrected chi connectivity index (χ4v) is 2.16. The number of ketones is 1. The van der Waals surface area contributed by atoms with Crippen molar-refractivity contribution in [2.45, 2.75) is 38.2 Å². The van der Waals surface area contributed by atoms with Crippen molar-refractivity contribution in [1.82, 2.24) is 0 Å². The summed E-state index contributed by atoms with van der Waals surface area (Å²) in [5.41, 5.74) is 0. The molecule has 1 saturated heterocycles. The van der Waals surface area contributed by atoms with Crippen LogP contribution in [0.2, 0.25) is 0 Å². The van der Waals surface area contributed by atoms with E-state index in [9.17, 15) is 4.79 Å². The van der Waals surface area contributed by atoms with E-state index < -0.39 is 0 Å². The Morgan fingerprint density at radius 2 is 2.09 bits per heavy atom. The topological polar surface area (TPSA) is 26.3 Å². The lowest BCUT2D eigenvalue weighted by atomic mass is 9.81. The van der Waals surface area contributed by atoms with Crippen molar-refractivity contribution in [2.75, 3.05) is 6.61 Å². The molecule has 0 unspecified atom stereocenters. The summed E-state index contributed by atoms with van der Waals surface area (Å²) >= 11 is 0. The fraction of sp³-hybridized carbons (Fsp3) is 0.889. The Morgan fingerprint density at radius 3 is 2.91 bits per heavy atom. The molecule has 11 heavy (non-hydrogen) atoms. The van der Waals surface area contributed by atoms with E-state index in [0.717, 1.165) is 12.8 Å². The largest absolute Gasteiger partial charge is 0.377 e. The highest BCUT2D eigenvalue weighted by atomic mass is 16.5. The van der Waals surface area contributed by atoms with Crippen LogP contribution in [0.15, 0.2) is 0 Å². The summed E-state index contributed by atoms with van der Waals surface area (Å²) in [5.74, 6) is 0.707. The molecule has 2 fully saturated rings. The summed E-state index contributed by atoms with van der Waals surface area (Å²) in [6.07, 6.45) is 5.58. The van der Waals surface area contributed by atoms with Gasteiger partial charge in [0.15, 0.2) is 0 Å². The van der Waals surface area contributed by atoms with Crippen molar-refractivity contribution in [2.24, 2.45) is 5.92 Å². The lowest BCUT2D eigenvalue weighted by Gasteiger charge is -2.34. The number of fused-ring (bicyclic) bond motifs is 1. The maximum atomic E-state index is 11.3. The minimum atomic E-state index is 0.262. The summed E-state index contributed by atoms with van der Waals surface area (Å²) in [4.78, 5) is 11.3. The van der Waals surface area contributed by atoms with Gasteiger partial charge in [0.2, 0.25) is 0 Å². The summed E-state index contributed by atoms with van der Waals surface area (Å²) in [6.45, 7) is 0.667. The highest BCUT2D eigenvalue weighted by molar-refractivity contribution is 5.82. The molecule has 2 atom stereocenters. The first kappa shape index (κ1) is 7.29. The highest BCUT2D eigenvalue weighted by Crippen LogP contribution is 2.31. The maximum absolute atomic E-state index is 11.3. The van der Waals surface area contributed by atoms with Crippen LogP contribution >= 0.6 is 0 Å². The molecule has 1 heterocycles. The normalized spacial score (nSPS) is 38.4. The van der Waals surface area contributed by atoms with E-state index in [1.807, 2.05) is 0 Å². The lowest BCUT2D eigenvalue weighted by Crippen LogP contribution is -2.38. The Bertz CT molecular complexity index is 163. The van der Waals surface area contributed by atoms with Gasteiger partial charge in [0.05, 0.1) is 12.7 Å². The Balaban J connectivity index is 2.05. The molecule has 0 aromatic heterocycles. The van der Waals surface area contributed by atoms with Gasteiger partial charge in [-0.1, -0.05) is 12.8 Å². The van der Waals surface area contributed by atoms with Gasteiger partial charge in [-0.2, -0.15) is 0 Å². The Hall–Kier alpha value is -0.370. The van der Waals surface area contributed by atoms with Gasteiger partial charge in [-0.15, -0.1) is 0 Å². The first-order valence-corrected chi connectivity index (χ1v) is 4.52. The number of hydrogen-bond donors (Lipinski definition) is 0. The molecule has 0 aromatic carbocycles. The molecule has 0 spiro atoms. The standard InChI is InChI=1S/C9H14O2/c10-8-5-6-11-9-4-2-1-3-7(8)9/h7,9H,1-6H2/t7-,9-/m0/s1. The van der Waals surface area contributed by atoms with E-state index in [2.05, 4.69) is 0 Å². The molecular weight excluding hydrogens is 140 g/mol. The number of Topliss-reactive ketones (excluding diaryl/α,β-unsaturated/α-hetero) is 1. The molecule has 2 nitrogen and oxygen atoms in total. The molecule has 2 heteroatoms. The molecule has 62 valence electrons. The second kappa shape index (κ2) is 2.94. The van der Waals surface area contributed by atoms with Gasteiger partial charge >= 0.3 is 0 Å². The van der Waals surface area contributed by atoms with Gasteiger partial charge in [-0.25, -0.2) is 0 Å². The minimum Gasteiger partial charge on any atom is -0.377 e. The third-order valence-corrected chi connectivity index (χ3v) is 2.80. The number of carbonyl (C=O) groups excluding carboxylic acids is 1. The van der Waals surface area contributed by atoms with Crippen molar-refractivity contribution in [1.29, 1.82) is 0 Å². The predicted molar refractivity (Wildman–Crippen MR) is 41.3 cm³/mol. The average molecular weight is 154 g/mol. The van der Waals surface area contributed by atoms with E-state index in [1.54, 1.807) is 0 Å². The van der Waals surface area contributed by atoms with E-state index >= 15 is 0 Å². The fourth-order valence-electron chi connectivity index (χ4n) is 2.16. The van der Waals surface area contributed by atoms with Crippen LogP contribution in [0.4, 0.5) is 0 Å². The van der Waals surface area contributed by atoms with Crippen LogP contribution in [0, 0.1) is 5.92 Å². The molecule has 0 radical (unpaired) electrons. The average Bonchev–Trinajstić information content (AvgIpc) is 2.06. The van der Waals surface area contributed by atoms with Crippen LogP contribution in [-0.2, 0) is 9.53 Å². The molecule has 0 aromatic rings. The van der Waals surface area contributed by atoms with Gasteiger partial charge in [-0.05, 0) is 12.8 Å². The highest BCUT2D eigenvalue weighted by Gasteiger charge is 2.34. The first-order chi connectivity index (χ1) is 5.38. The maximum Gasteiger partial charge on any atom is 0.140 e. The zero-order chi connectivity index (χ0) is 7.68. The Labute approximate surface area is 66.9 Å². The lowest BCUT2D eigenvalue weighted by molar-refractivity contribution is -0.139. The predicted octanol–water partition coefficient (Wildman–Crippen LogP) is 1.53. The molecule has 0 bridgehead atoms. The molecule has 0 N–H and O–H groups in total. The van der Waals surface area contributed by atoms with Crippen LogP contribution in [0.5, 0.6) is 0 Å². The van der Waals surface area contributed by atoms with Crippen LogP contribution in [-0.4, -0.2) is 18.5 Å². The smallest absolute Gasteiger partial charge is 0.140 e. The van der Waals surface area contributed by atoms with Gasteiger partial charge < -0.3 is 4.74 Å². The van der Waals surface area contributed by atoms with Gasteiger partial charge in [0, 0.05) is 12.3 Å². The summed E-state index contributed by atoms with van der Waals surface area (Å²) in [7, 11) is 0. The van der Waals surface area contributed by atoms with Crippen molar-refractivity contribution in [3.05, 3.63) is 0 Å². The minimum absolute atomic E-state index is 0.262. The quantitative estimate of drug-likeness (QED) is 0.529. The SMILES string of the molecule is O=C1CCO[C@H]2CCCC[C@@H]12. The zero-order valence-corrected chi connectivity index (χ0v) is 6.71. The van der Waals surface area contributed by atoms with Crippen LogP contribution in [0.1, 0.15) is 32.1 Å². The second-order valence-electron chi connectivity index (χ2n) is 3.52.